The molecule has 0 atom stereocenters. The van der Waals surface area contributed by atoms with Crippen LogP contribution in [0.1, 0.15) is 31.8 Å². The first-order valence-corrected chi connectivity index (χ1v) is 16.9. The second-order valence-corrected chi connectivity index (χ2v) is 12.2. The molecule has 7 rings (SSSR count). The molecule has 1 N–H and O–H groups in total. The summed E-state index contributed by atoms with van der Waals surface area (Å²) in [5.41, 5.74) is 4.15. The summed E-state index contributed by atoms with van der Waals surface area (Å²) in [5.74, 6) is -0.580. The number of hydrogen-bond donors (Lipinski definition) is 1. The predicted molar refractivity (Wildman–Crippen MR) is 203 cm³/mol. The smallest absolute Gasteiger partial charge is 0.339 e. The first-order valence-electron chi connectivity index (χ1n) is 16.5. The lowest BCUT2D eigenvalue weighted by Gasteiger charge is -2.23. The van der Waals surface area contributed by atoms with Crippen LogP contribution in [0.25, 0.3) is 16.6 Å². The summed E-state index contributed by atoms with van der Waals surface area (Å²) < 4.78 is 19.4. The van der Waals surface area contributed by atoms with Gasteiger partial charge in [-0.1, -0.05) is 109 Å². The lowest BCUT2D eigenvalue weighted by atomic mass is 10.1. The van der Waals surface area contributed by atoms with Gasteiger partial charge in [-0.15, -0.1) is 0 Å². The van der Waals surface area contributed by atoms with E-state index in [0.29, 0.717) is 40.2 Å². The molecule has 1 heterocycles. The van der Waals surface area contributed by atoms with Crippen LogP contribution >= 0.6 is 11.6 Å². The van der Waals surface area contributed by atoms with E-state index < -0.39 is 5.97 Å². The van der Waals surface area contributed by atoms with Crippen molar-refractivity contribution in [1.29, 1.82) is 0 Å². The zero-order valence-corrected chi connectivity index (χ0v) is 28.9. The van der Waals surface area contributed by atoms with Crippen molar-refractivity contribution in [3.8, 4) is 22.9 Å². The molecular weight excluding hydrogens is 676 g/mol. The van der Waals surface area contributed by atoms with E-state index in [2.05, 4.69) is 0 Å². The van der Waals surface area contributed by atoms with Crippen LogP contribution in [0.4, 0.5) is 11.4 Å². The Balaban J connectivity index is 1.29. The largest absolute Gasteiger partial charge is 0.493 e. The van der Waals surface area contributed by atoms with Crippen molar-refractivity contribution < 1.29 is 28.9 Å². The number of aromatic nitrogens is 1. The molecule has 7 aromatic rings. The summed E-state index contributed by atoms with van der Waals surface area (Å²) in [6.07, 6.45) is 1.64. The number of carboxylic acids is 1. The van der Waals surface area contributed by atoms with E-state index in [9.17, 15) is 14.7 Å². The van der Waals surface area contributed by atoms with E-state index in [4.69, 9.17) is 25.8 Å². The highest BCUT2D eigenvalue weighted by molar-refractivity contribution is 6.36. The molecule has 0 saturated carbocycles. The van der Waals surface area contributed by atoms with E-state index >= 15 is 0 Å². The minimum absolute atomic E-state index is 0.105. The Hall–Kier alpha value is -6.51. The van der Waals surface area contributed by atoms with Crippen molar-refractivity contribution in [3.05, 3.63) is 179 Å². The third-order valence-electron chi connectivity index (χ3n) is 8.59. The second-order valence-electron chi connectivity index (χ2n) is 11.9. The van der Waals surface area contributed by atoms with Gasteiger partial charge in [0.2, 0.25) is 0 Å². The number of benzene rings is 6. The molecule has 0 aliphatic rings. The number of hydrogen-bond acceptors (Lipinski definition) is 5. The number of carboxylic acid groups (broad SMARTS) is 1. The van der Waals surface area contributed by atoms with Crippen molar-refractivity contribution in [2.24, 2.45) is 0 Å². The molecule has 258 valence electrons. The molecule has 0 fully saturated rings. The van der Waals surface area contributed by atoms with E-state index in [-0.39, 0.29) is 40.3 Å². The molecule has 6 aromatic carbocycles. The number of carbonyl (C=O) groups excluding carboxylic acids is 1. The quantitative estimate of drug-likeness (QED) is 0.136. The van der Waals surface area contributed by atoms with Crippen molar-refractivity contribution in [2.75, 3.05) is 12.0 Å². The van der Waals surface area contributed by atoms with Gasteiger partial charge in [-0.25, -0.2) is 4.79 Å². The maximum Gasteiger partial charge on any atom is 0.339 e. The molecular formula is C43H33ClN2O6. The number of ether oxygens (including phenoxy) is 3. The summed E-state index contributed by atoms with van der Waals surface area (Å²) in [6, 6.07) is 44.9. The average Bonchev–Trinajstić information content (AvgIpc) is 3.57. The minimum Gasteiger partial charge on any atom is -0.493 e. The molecule has 8 nitrogen and oxygen atoms in total. The molecule has 0 aliphatic heterocycles. The van der Waals surface area contributed by atoms with Crippen LogP contribution in [0.3, 0.4) is 0 Å². The summed E-state index contributed by atoms with van der Waals surface area (Å²) in [7, 11) is 1.46. The fraction of sp³-hybridized carbons (Fsp3) is 0.0698. The van der Waals surface area contributed by atoms with Crippen molar-refractivity contribution in [3.63, 3.8) is 0 Å². The Labute approximate surface area is 305 Å². The lowest BCUT2D eigenvalue weighted by molar-refractivity contribution is 0.0696. The highest BCUT2D eigenvalue weighted by atomic mass is 35.5. The van der Waals surface area contributed by atoms with Crippen molar-refractivity contribution in [2.45, 2.75) is 13.2 Å². The van der Waals surface area contributed by atoms with Gasteiger partial charge in [0.15, 0.2) is 11.5 Å². The standard InChI is InChI=1S/C43H33ClN2O6/c1-50-38-25-37(39(43(48)49)40(44)41(38)52-28-30-15-7-3-8-16-30)45-26-35(34-19-11-12-20-36(34)45)42(47)46(31-17-9-4-10-18-31)32-21-23-33(24-22-32)51-27-29-13-5-2-6-14-29/h2-26H,27-28H2,1H3,(H,48,49). The van der Waals surface area contributed by atoms with Crippen LogP contribution < -0.4 is 19.1 Å². The molecule has 52 heavy (non-hydrogen) atoms. The summed E-state index contributed by atoms with van der Waals surface area (Å²) in [6.45, 7) is 0.560. The maximum absolute atomic E-state index is 14.8. The van der Waals surface area contributed by atoms with Gasteiger partial charge in [0.05, 0.1) is 23.9 Å². The molecule has 1 aromatic heterocycles. The number of nitrogens with zero attached hydrogens (tertiary/aromatic N) is 2. The molecule has 9 heteroatoms. The van der Waals surface area contributed by atoms with E-state index in [1.807, 2.05) is 140 Å². The number of halogens is 1. The summed E-state index contributed by atoms with van der Waals surface area (Å²) in [5, 5.41) is 11.0. The van der Waals surface area contributed by atoms with Crippen LogP contribution in [0, 0.1) is 0 Å². The van der Waals surface area contributed by atoms with Gasteiger partial charge >= 0.3 is 5.97 Å². The first-order chi connectivity index (χ1) is 25.4. The van der Waals surface area contributed by atoms with Crippen LogP contribution in [-0.4, -0.2) is 28.7 Å². The Bertz CT molecular complexity index is 2340. The van der Waals surface area contributed by atoms with Crippen LogP contribution in [0.2, 0.25) is 5.02 Å². The Morgan fingerprint density at radius 2 is 1.27 bits per heavy atom. The van der Waals surface area contributed by atoms with Crippen LogP contribution in [0.5, 0.6) is 17.2 Å². The molecule has 0 aliphatic carbocycles. The zero-order chi connectivity index (χ0) is 36.0. The topological polar surface area (TPSA) is 90.2 Å². The summed E-state index contributed by atoms with van der Waals surface area (Å²) in [4.78, 5) is 29.3. The lowest BCUT2D eigenvalue weighted by Crippen LogP contribution is -2.25. The van der Waals surface area contributed by atoms with Crippen LogP contribution in [0.15, 0.2) is 152 Å². The van der Waals surface area contributed by atoms with Gasteiger partial charge in [-0.2, -0.15) is 0 Å². The zero-order valence-electron chi connectivity index (χ0n) is 28.1. The van der Waals surface area contributed by atoms with Gasteiger partial charge < -0.3 is 23.9 Å². The number of para-hydroxylation sites is 2. The highest BCUT2D eigenvalue weighted by Gasteiger charge is 2.29. The number of fused-ring (bicyclic) bond motifs is 1. The van der Waals surface area contributed by atoms with Gasteiger partial charge in [0.25, 0.3) is 5.91 Å². The minimum atomic E-state index is -1.27. The number of carbonyl (C=O) groups is 2. The number of methoxy groups -OCH3 is 1. The molecule has 1 amide bonds. The highest BCUT2D eigenvalue weighted by Crippen LogP contribution is 2.43. The van der Waals surface area contributed by atoms with E-state index in [0.717, 1.165) is 11.1 Å². The first kappa shape index (κ1) is 34.0. The van der Waals surface area contributed by atoms with Crippen molar-refractivity contribution >= 4 is 45.8 Å². The maximum atomic E-state index is 14.8. The van der Waals surface area contributed by atoms with E-state index in [1.54, 1.807) is 21.7 Å². The van der Waals surface area contributed by atoms with Gasteiger partial charge in [0, 0.05) is 29.0 Å². The predicted octanol–water partition coefficient (Wildman–Crippen LogP) is 10.1. The fourth-order valence-corrected chi connectivity index (χ4v) is 6.39. The third-order valence-corrected chi connectivity index (χ3v) is 8.95. The Kier molecular flexibility index (Phi) is 9.90. The average molecular weight is 709 g/mol. The van der Waals surface area contributed by atoms with Gasteiger partial charge in [-0.3, -0.25) is 9.69 Å². The number of aromatic carboxylic acids is 1. The monoisotopic (exact) mass is 708 g/mol. The van der Waals surface area contributed by atoms with Gasteiger partial charge in [-0.05, 0) is 53.6 Å². The number of amides is 1. The number of anilines is 2. The normalized spacial score (nSPS) is 10.9. The summed E-state index contributed by atoms with van der Waals surface area (Å²) >= 11 is 6.83. The van der Waals surface area contributed by atoms with Crippen LogP contribution in [-0.2, 0) is 13.2 Å². The second kappa shape index (κ2) is 15.2. The molecule has 0 radical (unpaired) electrons. The Morgan fingerprint density at radius 3 is 1.88 bits per heavy atom. The van der Waals surface area contributed by atoms with Crippen molar-refractivity contribution in [1.82, 2.24) is 4.57 Å². The molecule has 0 spiro atoms. The SMILES string of the molecule is COc1cc(-n2cc(C(=O)N(c3ccccc3)c3ccc(OCc4ccccc4)cc3)c3ccccc32)c(C(=O)O)c(Cl)c1OCc1ccccc1. The Morgan fingerprint density at radius 1 is 0.712 bits per heavy atom. The van der Waals surface area contributed by atoms with Gasteiger partial charge in [0.1, 0.15) is 29.5 Å². The molecule has 0 bridgehead atoms. The fourth-order valence-electron chi connectivity index (χ4n) is 6.07. The molecule has 0 saturated heterocycles. The third kappa shape index (κ3) is 6.92. The molecule has 0 unspecified atom stereocenters. The number of rotatable bonds is 12. The van der Waals surface area contributed by atoms with E-state index in [1.165, 1.54) is 7.11 Å².